The van der Waals surface area contributed by atoms with E-state index in [2.05, 4.69) is 5.32 Å². The molecule has 0 bridgehead atoms. The molecule has 7 nitrogen and oxygen atoms in total. The lowest BCUT2D eigenvalue weighted by Gasteiger charge is -2.33. The number of benzene rings is 3. The van der Waals surface area contributed by atoms with Crippen LogP contribution < -0.4 is 9.62 Å². The van der Waals surface area contributed by atoms with Gasteiger partial charge in [0.05, 0.1) is 15.6 Å². The molecule has 0 saturated heterocycles. The zero-order valence-electron chi connectivity index (χ0n) is 22.3. The lowest BCUT2D eigenvalue weighted by Crippen LogP contribution is -2.52. The molecule has 0 aliphatic carbocycles. The minimum atomic E-state index is -4.27. The second-order valence-corrected chi connectivity index (χ2v) is 11.8. The van der Waals surface area contributed by atoms with Gasteiger partial charge in [0, 0.05) is 18.1 Å². The fourth-order valence-electron chi connectivity index (χ4n) is 4.10. The number of unbranched alkanes of at least 4 members (excludes halogenated alkanes) is 1. The van der Waals surface area contributed by atoms with Crippen LogP contribution in [0, 0.1) is 5.82 Å². The maximum absolute atomic E-state index is 14.0. The minimum Gasteiger partial charge on any atom is -0.354 e. The topological polar surface area (TPSA) is 86.8 Å². The van der Waals surface area contributed by atoms with Crippen LogP contribution in [-0.2, 0) is 26.2 Å². The number of hydrogen-bond acceptors (Lipinski definition) is 4. The first-order chi connectivity index (χ1) is 19.1. The van der Waals surface area contributed by atoms with E-state index in [9.17, 15) is 22.4 Å². The van der Waals surface area contributed by atoms with Crippen molar-refractivity contribution in [3.05, 3.63) is 94.2 Å². The van der Waals surface area contributed by atoms with Gasteiger partial charge in [-0.15, -0.1) is 0 Å². The van der Waals surface area contributed by atoms with Crippen molar-refractivity contribution in [2.75, 3.05) is 17.4 Å². The predicted octanol–water partition coefficient (Wildman–Crippen LogP) is 6.05. The Morgan fingerprint density at radius 3 is 2.25 bits per heavy atom. The first-order valence-corrected chi connectivity index (χ1v) is 15.1. The largest absolute Gasteiger partial charge is 0.354 e. The quantitative estimate of drug-likeness (QED) is 0.240. The Hall–Kier alpha value is -3.14. The summed E-state index contributed by atoms with van der Waals surface area (Å²) in [6, 6.07) is 17.0. The van der Waals surface area contributed by atoms with E-state index in [0.29, 0.717) is 23.6 Å². The van der Waals surface area contributed by atoms with E-state index in [0.717, 1.165) is 29.3 Å². The Morgan fingerprint density at radius 1 is 0.975 bits per heavy atom. The Labute approximate surface area is 244 Å². The van der Waals surface area contributed by atoms with Gasteiger partial charge < -0.3 is 10.2 Å². The molecule has 3 aromatic rings. The van der Waals surface area contributed by atoms with Crippen molar-refractivity contribution in [3.8, 4) is 0 Å². The summed E-state index contributed by atoms with van der Waals surface area (Å²) in [5, 5.41) is 3.09. The number of halogens is 3. The van der Waals surface area contributed by atoms with E-state index < -0.39 is 34.3 Å². The number of amides is 2. The molecule has 0 saturated carbocycles. The molecule has 0 aliphatic heterocycles. The van der Waals surface area contributed by atoms with Gasteiger partial charge in [-0.05, 0) is 60.9 Å². The molecule has 2 amide bonds. The van der Waals surface area contributed by atoms with Gasteiger partial charge in [0.25, 0.3) is 10.0 Å². The van der Waals surface area contributed by atoms with Crippen LogP contribution in [-0.4, -0.2) is 44.3 Å². The molecule has 0 heterocycles. The summed E-state index contributed by atoms with van der Waals surface area (Å²) in [6.45, 7) is 3.63. The molecule has 3 aromatic carbocycles. The summed E-state index contributed by atoms with van der Waals surface area (Å²) in [5.74, 6) is -1.68. The SMILES string of the molecule is CCCCNC(=O)C(CC)N(Cc1ccc(Cl)cc1)C(=O)CN(c1ccc(F)c(Cl)c1)S(=O)(=O)c1ccccc1. The number of carbonyl (C=O) groups excluding carboxylic acids is 2. The second-order valence-electron chi connectivity index (χ2n) is 9.14. The second kappa shape index (κ2) is 14.5. The third-order valence-corrected chi connectivity index (χ3v) is 8.61. The zero-order chi connectivity index (χ0) is 29.3. The summed E-state index contributed by atoms with van der Waals surface area (Å²) in [4.78, 5) is 28.5. The Kier molecular flexibility index (Phi) is 11.4. The molecular weight excluding hydrogens is 576 g/mol. The molecule has 214 valence electrons. The van der Waals surface area contributed by atoms with Crippen LogP contribution in [0.15, 0.2) is 77.7 Å². The monoisotopic (exact) mass is 607 g/mol. The van der Waals surface area contributed by atoms with E-state index >= 15 is 0 Å². The molecule has 0 aliphatic rings. The predicted molar refractivity (Wildman–Crippen MR) is 156 cm³/mol. The number of anilines is 1. The molecule has 3 rings (SSSR count). The molecular formula is C29H32Cl2FN3O4S. The van der Waals surface area contributed by atoms with E-state index in [1.807, 2.05) is 6.92 Å². The minimum absolute atomic E-state index is 0.00971. The van der Waals surface area contributed by atoms with Crippen molar-refractivity contribution in [2.45, 2.75) is 50.6 Å². The van der Waals surface area contributed by atoms with Crippen molar-refractivity contribution in [1.82, 2.24) is 10.2 Å². The van der Waals surface area contributed by atoms with Crippen LogP contribution in [0.5, 0.6) is 0 Å². The summed E-state index contributed by atoms with van der Waals surface area (Å²) in [6.07, 6.45) is 1.96. The highest BCUT2D eigenvalue weighted by molar-refractivity contribution is 7.92. The smallest absolute Gasteiger partial charge is 0.264 e. The summed E-state index contributed by atoms with van der Waals surface area (Å²) >= 11 is 12.0. The molecule has 40 heavy (non-hydrogen) atoms. The van der Waals surface area contributed by atoms with Crippen LogP contribution in [0.2, 0.25) is 10.0 Å². The average molecular weight is 609 g/mol. The number of rotatable bonds is 13. The van der Waals surface area contributed by atoms with E-state index in [1.165, 1.54) is 23.1 Å². The van der Waals surface area contributed by atoms with Gasteiger partial charge in [0.1, 0.15) is 18.4 Å². The van der Waals surface area contributed by atoms with E-state index in [1.54, 1.807) is 49.4 Å². The highest BCUT2D eigenvalue weighted by Gasteiger charge is 2.33. The van der Waals surface area contributed by atoms with Crippen molar-refractivity contribution in [1.29, 1.82) is 0 Å². The van der Waals surface area contributed by atoms with Crippen LogP contribution in [0.1, 0.15) is 38.7 Å². The lowest BCUT2D eigenvalue weighted by atomic mass is 10.1. The molecule has 1 N–H and O–H groups in total. The summed E-state index contributed by atoms with van der Waals surface area (Å²) in [5.41, 5.74) is 0.718. The van der Waals surface area contributed by atoms with Crippen LogP contribution in [0.25, 0.3) is 0 Å². The molecule has 0 radical (unpaired) electrons. The average Bonchev–Trinajstić information content (AvgIpc) is 2.94. The zero-order valence-corrected chi connectivity index (χ0v) is 24.6. The molecule has 1 atom stereocenters. The van der Waals surface area contributed by atoms with Gasteiger partial charge in [-0.2, -0.15) is 0 Å². The third-order valence-electron chi connectivity index (χ3n) is 6.28. The third kappa shape index (κ3) is 7.96. The molecule has 0 fully saturated rings. The molecule has 11 heteroatoms. The van der Waals surface area contributed by atoms with Gasteiger partial charge >= 0.3 is 0 Å². The highest BCUT2D eigenvalue weighted by Crippen LogP contribution is 2.28. The van der Waals surface area contributed by atoms with Gasteiger partial charge in [-0.1, -0.05) is 73.8 Å². The highest BCUT2D eigenvalue weighted by atomic mass is 35.5. The lowest BCUT2D eigenvalue weighted by molar-refractivity contribution is -0.140. The molecule has 0 spiro atoms. The maximum Gasteiger partial charge on any atom is 0.264 e. The standard InChI is InChI=1S/C29H32Cl2FN3O4S/c1-3-5-17-33-29(37)27(4-2)34(19-21-11-13-22(30)14-12-21)28(36)20-35(23-15-16-26(32)25(31)18-23)40(38,39)24-9-7-6-8-10-24/h6-16,18,27H,3-5,17,19-20H2,1-2H3,(H,33,37). The first-order valence-electron chi connectivity index (χ1n) is 12.9. The number of carbonyl (C=O) groups is 2. The molecule has 0 aromatic heterocycles. The van der Waals surface area contributed by atoms with Gasteiger partial charge in [0.15, 0.2) is 0 Å². The first kappa shape index (κ1) is 31.4. The van der Waals surface area contributed by atoms with Crippen molar-refractivity contribution in [3.63, 3.8) is 0 Å². The number of nitrogens with one attached hydrogen (secondary N) is 1. The fourth-order valence-corrected chi connectivity index (χ4v) is 5.83. The van der Waals surface area contributed by atoms with Crippen molar-refractivity contribution in [2.24, 2.45) is 0 Å². The fraction of sp³-hybridized carbons (Fsp3) is 0.310. The summed E-state index contributed by atoms with van der Waals surface area (Å²) < 4.78 is 42.4. The number of nitrogens with zero attached hydrogens (tertiary/aromatic N) is 2. The van der Waals surface area contributed by atoms with E-state index in [-0.39, 0.29) is 28.1 Å². The van der Waals surface area contributed by atoms with Gasteiger partial charge in [-0.25, -0.2) is 12.8 Å². The maximum atomic E-state index is 14.0. The Bertz CT molecular complexity index is 1410. The van der Waals surface area contributed by atoms with Crippen molar-refractivity contribution >= 4 is 50.7 Å². The Balaban J connectivity index is 2.04. The Morgan fingerprint density at radius 2 is 1.65 bits per heavy atom. The van der Waals surface area contributed by atoms with Crippen LogP contribution in [0.3, 0.4) is 0 Å². The van der Waals surface area contributed by atoms with Crippen LogP contribution >= 0.6 is 23.2 Å². The van der Waals surface area contributed by atoms with Crippen LogP contribution in [0.4, 0.5) is 10.1 Å². The van der Waals surface area contributed by atoms with Gasteiger partial charge in [0.2, 0.25) is 11.8 Å². The normalized spacial score (nSPS) is 12.0. The summed E-state index contributed by atoms with van der Waals surface area (Å²) in [7, 11) is -4.27. The number of hydrogen-bond donors (Lipinski definition) is 1. The van der Waals surface area contributed by atoms with Gasteiger partial charge in [-0.3, -0.25) is 13.9 Å². The number of sulfonamides is 1. The van der Waals surface area contributed by atoms with E-state index in [4.69, 9.17) is 23.2 Å². The molecule has 1 unspecified atom stereocenters. The van der Waals surface area contributed by atoms with Crippen molar-refractivity contribution < 1.29 is 22.4 Å².